The quantitative estimate of drug-likeness (QED) is 0.602. The number of carbonyl (C=O) groups is 1. The third kappa shape index (κ3) is 1.64. The smallest absolute Gasteiger partial charge is 0.160 e. The molecule has 0 N–H and O–H groups in total. The van der Waals surface area contributed by atoms with E-state index < -0.39 is 0 Å². The van der Waals surface area contributed by atoms with Crippen LogP contribution in [0.1, 0.15) is 40.9 Å². The lowest BCUT2D eigenvalue weighted by Gasteiger charge is -2.11. The van der Waals surface area contributed by atoms with E-state index in [4.69, 9.17) is 1.37 Å². The molecule has 0 unspecified atom stereocenters. The first-order valence-corrected chi connectivity index (χ1v) is 4.39. The Balaban J connectivity index is 3.47. The molecule has 70 valence electrons. The van der Waals surface area contributed by atoms with Crippen molar-refractivity contribution in [3.63, 3.8) is 0 Å². The van der Waals surface area contributed by atoms with Gasteiger partial charge in [0.25, 0.3) is 0 Å². The van der Waals surface area contributed by atoms with Gasteiger partial charge in [0.1, 0.15) is 0 Å². The Bertz CT molecular complexity index is 380. The topological polar surface area (TPSA) is 17.1 Å². The molecule has 0 bridgehead atoms. The molecular formula is C12H16O. The second-order valence-corrected chi connectivity index (χ2v) is 3.53. The van der Waals surface area contributed by atoms with Gasteiger partial charge in [-0.1, -0.05) is 0 Å². The molecule has 0 aliphatic rings. The summed E-state index contributed by atoms with van der Waals surface area (Å²) < 4.78 is 7.41. The van der Waals surface area contributed by atoms with Gasteiger partial charge in [-0.3, -0.25) is 4.79 Å². The zero-order valence-electron chi connectivity index (χ0n) is 9.69. The summed E-state index contributed by atoms with van der Waals surface area (Å²) >= 11 is 0. The fraction of sp³-hybridized carbons (Fsp3) is 0.417. The van der Waals surface area contributed by atoms with Gasteiger partial charge in [0.15, 0.2) is 5.78 Å². The highest BCUT2D eigenvalue weighted by Gasteiger charge is 2.09. The molecule has 13 heavy (non-hydrogen) atoms. The summed E-state index contributed by atoms with van der Waals surface area (Å²) in [5, 5.41) is 0. The van der Waals surface area contributed by atoms with Gasteiger partial charge in [-0.2, -0.15) is 0 Å². The Labute approximate surface area is 81.2 Å². The zero-order valence-corrected chi connectivity index (χ0v) is 8.69. The molecular weight excluding hydrogens is 160 g/mol. The van der Waals surface area contributed by atoms with Crippen LogP contribution in [-0.4, -0.2) is 5.78 Å². The van der Waals surface area contributed by atoms with E-state index in [1.54, 1.807) is 6.92 Å². The second-order valence-electron chi connectivity index (χ2n) is 3.53. The van der Waals surface area contributed by atoms with Crippen molar-refractivity contribution in [2.75, 3.05) is 0 Å². The van der Waals surface area contributed by atoms with E-state index in [0.717, 1.165) is 27.8 Å². The molecule has 0 saturated heterocycles. The lowest BCUT2D eigenvalue weighted by atomic mass is 9.93. The number of carbonyl (C=O) groups excluding carboxylic acids is 1. The van der Waals surface area contributed by atoms with E-state index in [1.165, 1.54) is 0 Å². The van der Waals surface area contributed by atoms with E-state index in [2.05, 4.69) is 0 Å². The molecule has 1 nitrogen and oxygen atoms in total. The van der Waals surface area contributed by atoms with Crippen LogP contribution in [0.3, 0.4) is 0 Å². The molecule has 0 atom stereocenters. The van der Waals surface area contributed by atoms with E-state index in [-0.39, 0.29) is 12.7 Å². The Morgan fingerprint density at radius 1 is 1.23 bits per heavy atom. The van der Waals surface area contributed by atoms with Crippen LogP contribution in [0.15, 0.2) is 6.07 Å². The standard InChI is InChI=1S/C12H16O/c1-7-6-12(11(5)13)10(4)9(3)8(7)2/h6H,1-5H3/i2D. The average molecular weight is 177 g/mol. The lowest BCUT2D eigenvalue weighted by Crippen LogP contribution is -2.01. The van der Waals surface area contributed by atoms with Crippen LogP contribution in [0.5, 0.6) is 0 Å². The molecule has 0 fully saturated rings. The van der Waals surface area contributed by atoms with Crippen molar-refractivity contribution in [2.24, 2.45) is 0 Å². The largest absolute Gasteiger partial charge is 0.295 e. The molecule has 0 aliphatic carbocycles. The van der Waals surface area contributed by atoms with Gasteiger partial charge in [0.05, 0.1) is 0 Å². The summed E-state index contributed by atoms with van der Waals surface area (Å²) in [5.74, 6) is 0.102. The minimum Gasteiger partial charge on any atom is -0.295 e. The number of rotatable bonds is 1. The van der Waals surface area contributed by atoms with Crippen molar-refractivity contribution < 1.29 is 6.17 Å². The summed E-state index contributed by atoms with van der Waals surface area (Å²) in [4.78, 5) is 11.3. The van der Waals surface area contributed by atoms with Crippen LogP contribution < -0.4 is 0 Å². The summed E-state index contributed by atoms with van der Waals surface area (Å²) in [7, 11) is 0. The van der Waals surface area contributed by atoms with E-state index >= 15 is 0 Å². The lowest BCUT2D eigenvalue weighted by molar-refractivity contribution is 0.101. The molecule has 0 radical (unpaired) electrons. The average Bonchev–Trinajstić information content (AvgIpc) is 2.12. The van der Waals surface area contributed by atoms with Crippen molar-refractivity contribution >= 4 is 5.78 Å². The maximum absolute atomic E-state index is 11.3. The number of hydrogen-bond acceptors (Lipinski definition) is 1. The molecule has 0 aliphatic heterocycles. The first-order chi connectivity index (χ1) is 6.49. The van der Waals surface area contributed by atoms with Crippen LogP contribution in [0, 0.1) is 27.7 Å². The highest BCUT2D eigenvalue weighted by atomic mass is 16.1. The van der Waals surface area contributed by atoms with Gasteiger partial charge < -0.3 is 0 Å². The summed E-state index contributed by atoms with van der Waals surface area (Å²) in [6.07, 6.45) is 0. The van der Waals surface area contributed by atoms with E-state index in [1.807, 2.05) is 26.8 Å². The van der Waals surface area contributed by atoms with Crippen LogP contribution in [-0.2, 0) is 0 Å². The van der Waals surface area contributed by atoms with Crippen molar-refractivity contribution in [1.82, 2.24) is 0 Å². The molecule has 0 spiro atoms. The third-order valence-corrected chi connectivity index (χ3v) is 2.64. The molecule has 0 aromatic heterocycles. The number of Topliss-reactive ketones (excluding diaryl/α,β-unsaturated/α-hetero) is 1. The van der Waals surface area contributed by atoms with Crippen molar-refractivity contribution in [3.05, 3.63) is 33.9 Å². The van der Waals surface area contributed by atoms with E-state index in [0.29, 0.717) is 0 Å². The normalized spacial score (nSPS) is 11.2. The fourth-order valence-corrected chi connectivity index (χ4v) is 1.50. The summed E-state index contributed by atoms with van der Waals surface area (Å²) in [6, 6.07) is 1.90. The second kappa shape index (κ2) is 3.33. The maximum atomic E-state index is 11.3. The van der Waals surface area contributed by atoms with Gasteiger partial charge in [-0.05, 0) is 62.9 Å². The van der Waals surface area contributed by atoms with Crippen molar-refractivity contribution in [2.45, 2.75) is 34.6 Å². The van der Waals surface area contributed by atoms with Gasteiger partial charge in [0.2, 0.25) is 0 Å². The monoisotopic (exact) mass is 177 g/mol. The van der Waals surface area contributed by atoms with Crippen molar-refractivity contribution in [3.8, 4) is 0 Å². The highest BCUT2D eigenvalue weighted by molar-refractivity contribution is 5.96. The Morgan fingerprint density at radius 3 is 2.31 bits per heavy atom. The summed E-state index contributed by atoms with van der Waals surface area (Å²) in [5.41, 5.74) is 4.99. The molecule has 0 heterocycles. The maximum Gasteiger partial charge on any atom is 0.160 e. The summed E-state index contributed by atoms with van der Waals surface area (Å²) in [6.45, 7) is 7.77. The predicted octanol–water partition coefficient (Wildman–Crippen LogP) is 3.12. The third-order valence-electron chi connectivity index (χ3n) is 2.64. The van der Waals surface area contributed by atoms with E-state index in [9.17, 15) is 4.79 Å². The van der Waals surface area contributed by atoms with Gasteiger partial charge in [-0.15, -0.1) is 0 Å². The highest BCUT2D eigenvalue weighted by Crippen LogP contribution is 2.21. The van der Waals surface area contributed by atoms with Crippen LogP contribution in [0.25, 0.3) is 0 Å². The van der Waals surface area contributed by atoms with Crippen LogP contribution in [0.4, 0.5) is 0 Å². The molecule has 1 aromatic rings. The minimum absolute atomic E-state index is 0.102. The Kier molecular flexibility index (Phi) is 2.17. The fourth-order valence-electron chi connectivity index (χ4n) is 1.50. The SMILES string of the molecule is [2H]Cc1c(C)cc(C(C)=O)c(C)c1C. The Hall–Kier alpha value is -1.11. The van der Waals surface area contributed by atoms with Crippen LogP contribution in [0.2, 0.25) is 0 Å². The molecule has 0 amide bonds. The number of hydrogen-bond donors (Lipinski definition) is 0. The van der Waals surface area contributed by atoms with Crippen LogP contribution >= 0.6 is 0 Å². The van der Waals surface area contributed by atoms with Gasteiger partial charge >= 0.3 is 0 Å². The minimum atomic E-state index is 0.102. The molecule has 1 aromatic carbocycles. The molecule has 0 saturated carbocycles. The number of aryl methyl sites for hydroxylation is 1. The molecule has 1 rings (SSSR count). The first-order valence-electron chi connectivity index (χ1n) is 5.09. The zero-order chi connectivity index (χ0) is 10.9. The van der Waals surface area contributed by atoms with Gasteiger partial charge in [-0.25, -0.2) is 0 Å². The first kappa shape index (κ1) is 8.49. The van der Waals surface area contributed by atoms with Gasteiger partial charge in [0, 0.05) is 6.93 Å². The molecule has 1 heteroatoms. The number of benzene rings is 1. The number of ketones is 1. The van der Waals surface area contributed by atoms with Crippen molar-refractivity contribution in [1.29, 1.82) is 0 Å². The Morgan fingerprint density at radius 2 is 1.85 bits per heavy atom. The predicted molar refractivity (Wildman–Crippen MR) is 55.4 cm³/mol.